The van der Waals surface area contributed by atoms with Crippen molar-refractivity contribution in [2.24, 2.45) is 5.14 Å². The van der Waals surface area contributed by atoms with Crippen LogP contribution in [0.1, 0.15) is 45.1 Å². The van der Waals surface area contributed by atoms with Crippen LogP contribution in [0, 0.1) is 0 Å². The normalized spacial score (nSPS) is 13.6. The molecular weight excluding hydrogens is 312 g/mol. The highest BCUT2D eigenvalue weighted by Gasteiger charge is 2.18. The van der Waals surface area contributed by atoms with E-state index >= 15 is 0 Å². The van der Waals surface area contributed by atoms with Gasteiger partial charge < -0.3 is 5.32 Å². The van der Waals surface area contributed by atoms with Crippen LogP contribution in [-0.4, -0.2) is 18.4 Å². The third kappa shape index (κ3) is 4.49. The number of hydrogen-bond donors (Lipinski definition) is 2. The number of primary sulfonamides is 1. The van der Waals surface area contributed by atoms with E-state index in [1.807, 2.05) is 33.8 Å². The highest BCUT2D eigenvalue weighted by molar-refractivity contribution is 7.89. The number of nitrogens with two attached hydrogens (primary N) is 1. The SMILES string of the molecule is C[C@H](Nc1ccnc(C(C)(C)C)n1)c1cccc(S(N)(=O)=O)c1. The predicted octanol–water partition coefficient (Wildman–Crippen LogP) is 2.59. The number of sulfonamides is 1. The molecule has 0 saturated heterocycles. The fourth-order valence-corrected chi connectivity index (χ4v) is 2.64. The molecule has 3 N–H and O–H groups in total. The Labute approximate surface area is 137 Å². The van der Waals surface area contributed by atoms with Gasteiger partial charge in [-0.2, -0.15) is 0 Å². The van der Waals surface area contributed by atoms with Crippen LogP contribution in [0.5, 0.6) is 0 Å². The summed E-state index contributed by atoms with van der Waals surface area (Å²) in [6.45, 7) is 8.07. The highest BCUT2D eigenvalue weighted by Crippen LogP contribution is 2.23. The van der Waals surface area contributed by atoms with E-state index < -0.39 is 10.0 Å². The zero-order valence-corrected chi connectivity index (χ0v) is 14.6. The fraction of sp³-hybridized carbons (Fsp3) is 0.375. The first-order valence-corrected chi connectivity index (χ1v) is 8.85. The number of hydrogen-bond acceptors (Lipinski definition) is 5. The minimum atomic E-state index is -3.71. The maximum atomic E-state index is 11.5. The third-order valence-corrected chi connectivity index (χ3v) is 4.29. The van der Waals surface area contributed by atoms with Crippen LogP contribution in [-0.2, 0) is 15.4 Å². The lowest BCUT2D eigenvalue weighted by Crippen LogP contribution is -2.18. The molecule has 124 valence electrons. The Morgan fingerprint density at radius 1 is 1.22 bits per heavy atom. The minimum absolute atomic E-state index is 0.0988. The molecule has 1 heterocycles. The first kappa shape index (κ1) is 17.4. The van der Waals surface area contributed by atoms with Gasteiger partial charge in [0.2, 0.25) is 10.0 Å². The molecule has 0 aliphatic rings. The zero-order valence-electron chi connectivity index (χ0n) is 13.7. The number of rotatable bonds is 4. The second-order valence-electron chi connectivity index (χ2n) is 6.50. The molecule has 0 bridgehead atoms. The van der Waals surface area contributed by atoms with Crippen LogP contribution in [0.3, 0.4) is 0 Å². The lowest BCUT2D eigenvalue weighted by atomic mass is 9.96. The van der Waals surface area contributed by atoms with Crippen molar-refractivity contribution in [3.05, 3.63) is 47.9 Å². The predicted molar refractivity (Wildman–Crippen MR) is 90.6 cm³/mol. The van der Waals surface area contributed by atoms with E-state index in [4.69, 9.17) is 5.14 Å². The lowest BCUT2D eigenvalue weighted by Gasteiger charge is -2.19. The number of aromatic nitrogens is 2. The summed E-state index contributed by atoms with van der Waals surface area (Å²) in [6.07, 6.45) is 1.71. The summed E-state index contributed by atoms with van der Waals surface area (Å²) in [5.41, 5.74) is 0.668. The second kappa shape index (κ2) is 6.25. The van der Waals surface area contributed by atoms with Crippen LogP contribution >= 0.6 is 0 Å². The van der Waals surface area contributed by atoms with Crippen LogP contribution in [0.25, 0.3) is 0 Å². The Kier molecular flexibility index (Phi) is 4.72. The molecule has 1 aromatic heterocycles. The van der Waals surface area contributed by atoms with Gasteiger partial charge >= 0.3 is 0 Å². The van der Waals surface area contributed by atoms with E-state index in [2.05, 4.69) is 15.3 Å². The number of nitrogens with zero attached hydrogens (tertiary/aromatic N) is 2. The van der Waals surface area contributed by atoms with Crippen LogP contribution in [0.15, 0.2) is 41.4 Å². The van der Waals surface area contributed by atoms with Gasteiger partial charge in [-0.15, -0.1) is 0 Å². The monoisotopic (exact) mass is 334 g/mol. The summed E-state index contributed by atoms with van der Waals surface area (Å²) in [5, 5.41) is 8.44. The molecule has 0 fully saturated rings. The third-order valence-electron chi connectivity index (χ3n) is 3.38. The Balaban J connectivity index is 2.25. The number of benzene rings is 1. The van der Waals surface area contributed by atoms with E-state index in [1.54, 1.807) is 24.4 Å². The van der Waals surface area contributed by atoms with Crippen molar-refractivity contribution in [3.63, 3.8) is 0 Å². The molecule has 7 heteroatoms. The van der Waals surface area contributed by atoms with Crippen molar-refractivity contribution in [2.45, 2.75) is 44.0 Å². The second-order valence-corrected chi connectivity index (χ2v) is 8.06. The zero-order chi connectivity index (χ0) is 17.3. The summed E-state index contributed by atoms with van der Waals surface area (Å²) in [6, 6.07) is 8.23. The van der Waals surface area contributed by atoms with Crippen molar-refractivity contribution in [1.82, 2.24) is 9.97 Å². The summed E-state index contributed by atoms with van der Waals surface area (Å²) >= 11 is 0. The van der Waals surface area contributed by atoms with Crippen LogP contribution < -0.4 is 10.5 Å². The molecule has 0 saturated carbocycles. The van der Waals surface area contributed by atoms with Gasteiger partial charge in [-0.3, -0.25) is 0 Å². The van der Waals surface area contributed by atoms with E-state index in [9.17, 15) is 8.42 Å². The van der Waals surface area contributed by atoms with Crippen molar-refractivity contribution >= 4 is 15.8 Å². The summed E-state index contributed by atoms with van der Waals surface area (Å²) in [7, 11) is -3.71. The maximum absolute atomic E-state index is 11.5. The van der Waals surface area contributed by atoms with E-state index in [0.717, 1.165) is 11.4 Å². The molecular formula is C16H22N4O2S. The van der Waals surface area contributed by atoms with Crippen molar-refractivity contribution < 1.29 is 8.42 Å². The van der Waals surface area contributed by atoms with Gasteiger partial charge in [0.05, 0.1) is 4.90 Å². The Morgan fingerprint density at radius 2 is 1.91 bits per heavy atom. The topological polar surface area (TPSA) is 98.0 Å². The van der Waals surface area contributed by atoms with Gasteiger partial charge in [-0.1, -0.05) is 32.9 Å². The molecule has 0 aliphatic carbocycles. The summed E-state index contributed by atoms with van der Waals surface area (Å²) in [5.74, 6) is 1.44. The quantitative estimate of drug-likeness (QED) is 0.895. The molecule has 0 radical (unpaired) electrons. The summed E-state index contributed by atoms with van der Waals surface area (Å²) in [4.78, 5) is 8.90. The molecule has 23 heavy (non-hydrogen) atoms. The molecule has 1 aromatic carbocycles. The first-order valence-electron chi connectivity index (χ1n) is 7.30. The smallest absolute Gasteiger partial charge is 0.238 e. The van der Waals surface area contributed by atoms with Crippen LogP contribution in [0.2, 0.25) is 0 Å². The molecule has 2 aromatic rings. The first-order chi connectivity index (χ1) is 10.6. The largest absolute Gasteiger partial charge is 0.363 e. The average Bonchev–Trinajstić information content (AvgIpc) is 2.46. The molecule has 2 rings (SSSR count). The molecule has 0 amide bonds. The van der Waals surface area contributed by atoms with Gasteiger partial charge in [0.15, 0.2) is 0 Å². The Morgan fingerprint density at radius 3 is 2.52 bits per heavy atom. The van der Waals surface area contributed by atoms with Gasteiger partial charge in [0.25, 0.3) is 0 Å². The molecule has 6 nitrogen and oxygen atoms in total. The number of nitrogens with one attached hydrogen (secondary N) is 1. The van der Waals surface area contributed by atoms with E-state index in [1.165, 1.54) is 6.07 Å². The number of anilines is 1. The highest BCUT2D eigenvalue weighted by atomic mass is 32.2. The lowest BCUT2D eigenvalue weighted by molar-refractivity contribution is 0.545. The van der Waals surface area contributed by atoms with Crippen LogP contribution in [0.4, 0.5) is 5.82 Å². The molecule has 0 unspecified atom stereocenters. The van der Waals surface area contributed by atoms with Crippen molar-refractivity contribution in [2.75, 3.05) is 5.32 Å². The van der Waals surface area contributed by atoms with Gasteiger partial charge in [-0.05, 0) is 30.7 Å². The van der Waals surface area contributed by atoms with Gasteiger partial charge in [0, 0.05) is 17.7 Å². The van der Waals surface area contributed by atoms with Crippen molar-refractivity contribution in [1.29, 1.82) is 0 Å². The minimum Gasteiger partial charge on any atom is -0.363 e. The molecule has 0 aliphatic heterocycles. The maximum Gasteiger partial charge on any atom is 0.238 e. The Bertz CT molecular complexity index is 798. The fourth-order valence-electron chi connectivity index (χ4n) is 2.07. The van der Waals surface area contributed by atoms with Gasteiger partial charge in [0.1, 0.15) is 11.6 Å². The van der Waals surface area contributed by atoms with E-state index in [-0.39, 0.29) is 16.4 Å². The van der Waals surface area contributed by atoms with E-state index in [0.29, 0.717) is 5.82 Å². The average molecular weight is 334 g/mol. The summed E-state index contributed by atoms with van der Waals surface area (Å²) < 4.78 is 22.9. The van der Waals surface area contributed by atoms with Gasteiger partial charge in [-0.25, -0.2) is 23.5 Å². The van der Waals surface area contributed by atoms with Crippen molar-refractivity contribution in [3.8, 4) is 0 Å². The standard InChI is InChI=1S/C16H22N4O2S/c1-11(12-6-5-7-13(10-12)23(17,21)22)19-14-8-9-18-15(20-14)16(2,3)4/h5-11H,1-4H3,(H2,17,21,22)(H,18,19,20)/t11-/m0/s1. The molecule has 0 spiro atoms. The Hall–Kier alpha value is -1.99. The molecule has 1 atom stereocenters.